The topological polar surface area (TPSA) is 204 Å². The summed E-state index contributed by atoms with van der Waals surface area (Å²) >= 11 is 3.35. The van der Waals surface area contributed by atoms with Crippen molar-refractivity contribution < 1.29 is 38.8 Å². The molecule has 1 fully saturated rings. The van der Waals surface area contributed by atoms with E-state index in [9.17, 15) is 24.3 Å². The molecule has 2 aromatic rings. The van der Waals surface area contributed by atoms with Crippen LogP contribution >= 0.6 is 35.1 Å². The molecule has 2 aliphatic heterocycles. The first kappa shape index (κ1) is 28.1. The molecule has 1 saturated heterocycles. The van der Waals surface area contributed by atoms with Crippen LogP contribution in [-0.4, -0.2) is 78.9 Å². The highest BCUT2D eigenvalue weighted by molar-refractivity contribution is 8.00. The highest BCUT2D eigenvalue weighted by Gasteiger charge is 2.53. The Morgan fingerprint density at radius 3 is 2.77 bits per heavy atom. The molecule has 0 saturated carbocycles. The zero-order chi connectivity index (χ0) is 28.1. The SMILES string of the molecule is CO/N=C(\C(=O)NC1C(=O)N2C(C(=O)[O-])=C(/C=C/C[n+]3ccc(SCC(=O)O)cc3)CS[C@H]12)c1nsc(N)n1. The second-order valence-electron chi connectivity index (χ2n) is 7.92. The molecule has 1 unspecified atom stereocenters. The Labute approximate surface area is 233 Å². The average Bonchev–Trinajstić information content (AvgIpc) is 3.34. The highest BCUT2D eigenvalue weighted by Crippen LogP contribution is 2.40. The van der Waals surface area contributed by atoms with E-state index in [-0.39, 0.29) is 33.9 Å². The fourth-order valence-electron chi connectivity index (χ4n) is 3.70. The lowest BCUT2D eigenvalue weighted by molar-refractivity contribution is -0.687. The standard InChI is InChI=1S/C22H21N7O7S3/c1-36-26-14(17-25-22(23)39-27-17)18(32)24-15-19(33)29-16(21(34)35)11(9-38-20(15)29)3-2-6-28-7-4-12(5-8-28)37-10-13(30)31/h2-5,7-8,15,20H,6,9-10H2,1H3,(H4-,23,24,25,27,30,31,32,34,35)/b3-2+,26-14-/t15?,20-/m1/s1. The van der Waals surface area contributed by atoms with Crippen molar-refractivity contribution in [1.29, 1.82) is 0 Å². The molecule has 0 radical (unpaired) electrons. The van der Waals surface area contributed by atoms with Crippen molar-refractivity contribution in [2.75, 3.05) is 24.3 Å². The maximum absolute atomic E-state index is 12.9. The summed E-state index contributed by atoms with van der Waals surface area (Å²) < 4.78 is 5.75. The zero-order valence-corrected chi connectivity index (χ0v) is 22.6. The van der Waals surface area contributed by atoms with Crippen molar-refractivity contribution in [3.63, 3.8) is 0 Å². The number of nitrogens with zero attached hydrogens (tertiary/aromatic N) is 5. The number of carbonyl (C=O) groups is 4. The Bertz CT molecular complexity index is 1390. The molecule has 0 spiro atoms. The predicted molar refractivity (Wildman–Crippen MR) is 139 cm³/mol. The van der Waals surface area contributed by atoms with E-state index < -0.39 is 35.2 Å². The number of carboxylic acids is 2. The minimum Gasteiger partial charge on any atom is -0.543 e. The Hall–Kier alpha value is -3.96. The molecule has 2 atom stereocenters. The first-order chi connectivity index (χ1) is 18.7. The maximum atomic E-state index is 12.9. The number of amides is 2. The smallest absolute Gasteiger partial charge is 0.313 e. The van der Waals surface area contributed by atoms with Crippen LogP contribution in [0.15, 0.2) is 58.0 Å². The number of thioether (sulfide) groups is 2. The number of oxime groups is 1. The largest absolute Gasteiger partial charge is 0.543 e. The van der Waals surface area contributed by atoms with Gasteiger partial charge >= 0.3 is 5.97 Å². The number of nitrogens with one attached hydrogen (secondary N) is 1. The fourth-order valence-corrected chi connectivity index (χ4v) is 6.06. The number of allylic oxidation sites excluding steroid dienone is 2. The summed E-state index contributed by atoms with van der Waals surface area (Å²) in [6.45, 7) is 0.408. The van der Waals surface area contributed by atoms with Gasteiger partial charge in [0.2, 0.25) is 11.5 Å². The maximum Gasteiger partial charge on any atom is 0.313 e. The summed E-state index contributed by atoms with van der Waals surface area (Å²) in [5, 5.41) is 26.4. The van der Waals surface area contributed by atoms with Crippen molar-refractivity contribution in [2.24, 2.45) is 5.16 Å². The van der Waals surface area contributed by atoms with Crippen LogP contribution in [0.4, 0.5) is 5.13 Å². The van der Waals surface area contributed by atoms with Gasteiger partial charge in [0, 0.05) is 34.3 Å². The molecule has 39 heavy (non-hydrogen) atoms. The second-order valence-corrected chi connectivity index (χ2v) is 10.9. The number of nitrogens with two attached hydrogens (primary N) is 1. The lowest BCUT2D eigenvalue weighted by Crippen LogP contribution is -2.71. The van der Waals surface area contributed by atoms with Gasteiger partial charge in [-0.15, -0.1) is 23.5 Å². The highest BCUT2D eigenvalue weighted by atomic mass is 32.2. The number of fused-ring (bicyclic) bond motifs is 1. The summed E-state index contributed by atoms with van der Waals surface area (Å²) in [6.07, 6.45) is 6.91. The third-order valence-corrected chi connectivity index (χ3v) is 8.23. The minimum absolute atomic E-state index is 0.0392. The van der Waals surface area contributed by atoms with Gasteiger partial charge in [0.25, 0.3) is 11.8 Å². The molecule has 0 aliphatic carbocycles. The molecule has 14 nitrogen and oxygen atoms in total. The average molecular weight is 592 g/mol. The summed E-state index contributed by atoms with van der Waals surface area (Å²) in [4.78, 5) is 58.9. The van der Waals surface area contributed by atoms with Crippen molar-refractivity contribution >= 4 is 69.7 Å². The number of rotatable bonds is 11. The number of aromatic nitrogens is 3. The normalized spacial score (nSPS) is 19.1. The van der Waals surface area contributed by atoms with Gasteiger partial charge in [-0.1, -0.05) is 11.2 Å². The number of hydrogen-bond donors (Lipinski definition) is 3. The first-order valence-corrected chi connectivity index (χ1v) is 13.9. The van der Waals surface area contributed by atoms with Crippen molar-refractivity contribution in [2.45, 2.75) is 22.9 Å². The van der Waals surface area contributed by atoms with Gasteiger partial charge in [-0.2, -0.15) is 9.36 Å². The van der Waals surface area contributed by atoms with E-state index >= 15 is 0 Å². The molecule has 4 heterocycles. The van der Waals surface area contributed by atoms with Crippen LogP contribution in [-0.2, 0) is 30.6 Å². The number of hydrogen-bond acceptors (Lipinski definition) is 13. The number of β-lactam (4-membered cyclic amide) rings is 1. The van der Waals surface area contributed by atoms with Crippen molar-refractivity contribution in [3.05, 3.63) is 53.8 Å². The Morgan fingerprint density at radius 1 is 1.41 bits per heavy atom. The van der Waals surface area contributed by atoms with Crippen molar-refractivity contribution in [1.82, 2.24) is 19.6 Å². The van der Waals surface area contributed by atoms with Gasteiger partial charge in [-0.05, 0) is 11.6 Å². The van der Waals surface area contributed by atoms with Crippen LogP contribution in [0.1, 0.15) is 5.82 Å². The van der Waals surface area contributed by atoms with Crippen LogP contribution in [0.25, 0.3) is 0 Å². The lowest BCUT2D eigenvalue weighted by atomic mass is 10.0. The van der Waals surface area contributed by atoms with Gasteiger partial charge in [-0.25, -0.2) is 4.57 Å². The monoisotopic (exact) mass is 591 g/mol. The van der Waals surface area contributed by atoms with Gasteiger partial charge < -0.3 is 30.9 Å². The van der Waals surface area contributed by atoms with E-state index in [4.69, 9.17) is 15.7 Å². The van der Waals surface area contributed by atoms with E-state index in [0.717, 1.165) is 21.3 Å². The Kier molecular flexibility index (Phi) is 8.82. The fraction of sp³-hybridized carbons (Fsp3) is 0.273. The van der Waals surface area contributed by atoms with Gasteiger partial charge in [0.1, 0.15) is 18.5 Å². The van der Waals surface area contributed by atoms with Crippen LogP contribution in [0.5, 0.6) is 0 Å². The second kappa shape index (κ2) is 12.3. The van der Waals surface area contributed by atoms with Crippen molar-refractivity contribution in [3.8, 4) is 0 Å². The molecular weight excluding hydrogens is 570 g/mol. The van der Waals surface area contributed by atoms with Crippen LogP contribution in [0.3, 0.4) is 0 Å². The number of nitrogen functional groups attached to an aromatic ring is 1. The molecule has 2 aliphatic rings. The molecule has 17 heteroatoms. The number of aliphatic carboxylic acids is 2. The quantitative estimate of drug-likeness (QED) is 0.0907. The molecule has 4 rings (SSSR count). The Balaban J connectivity index is 1.43. The van der Waals surface area contributed by atoms with E-state index in [2.05, 4.69) is 19.8 Å². The van der Waals surface area contributed by atoms with Gasteiger partial charge in [0.05, 0.1) is 17.4 Å². The van der Waals surface area contributed by atoms with E-state index in [0.29, 0.717) is 12.1 Å². The van der Waals surface area contributed by atoms with Crippen LogP contribution in [0, 0.1) is 0 Å². The molecule has 0 bridgehead atoms. The molecule has 204 valence electrons. The summed E-state index contributed by atoms with van der Waals surface area (Å²) in [6, 6.07) is 2.56. The zero-order valence-electron chi connectivity index (χ0n) is 20.2. The van der Waals surface area contributed by atoms with Gasteiger partial charge in [-0.3, -0.25) is 19.3 Å². The molecule has 0 aromatic carbocycles. The number of pyridine rings is 1. The number of anilines is 1. The lowest BCUT2D eigenvalue weighted by Gasteiger charge is -2.50. The summed E-state index contributed by atoms with van der Waals surface area (Å²) in [5.41, 5.74) is 5.44. The third-order valence-electron chi connectivity index (χ3n) is 5.39. The number of carbonyl (C=O) groups excluding carboxylic acids is 3. The summed E-state index contributed by atoms with van der Waals surface area (Å²) in [7, 11) is 1.23. The third kappa shape index (κ3) is 6.37. The van der Waals surface area contributed by atoms with Crippen LogP contribution in [0.2, 0.25) is 0 Å². The number of carboxylic acid groups (broad SMARTS) is 2. The summed E-state index contributed by atoms with van der Waals surface area (Å²) in [5.74, 6) is -3.64. The molecular formula is C22H21N7O7S3. The predicted octanol–water partition coefficient (Wildman–Crippen LogP) is -1.40. The van der Waals surface area contributed by atoms with E-state index in [1.165, 1.54) is 30.6 Å². The molecule has 2 aromatic heterocycles. The van der Waals surface area contributed by atoms with E-state index in [1.807, 2.05) is 4.57 Å². The molecule has 2 amide bonds. The van der Waals surface area contributed by atoms with Crippen LogP contribution < -0.4 is 20.7 Å². The van der Waals surface area contributed by atoms with Gasteiger partial charge in [0.15, 0.2) is 24.1 Å². The first-order valence-electron chi connectivity index (χ1n) is 11.1. The van der Waals surface area contributed by atoms with E-state index in [1.54, 1.807) is 36.7 Å². The Morgan fingerprint density at radius 2 is 2.15 bits per heavy atom. The molecule has 4 N–H and O–H groups in total. The minimum atomic E-state index is -1.51.